The maximum absolute atomic E-state index is 12.3. The largest absolute Gasteiger partial charge is 0.459 e. The Morgan fingerprint density at radius 3 is 2.33 bits per heavy atom. The lowest BCUT2D eigenvalue weighted by atomic mass is 10.1. The number of carbonyl (C=O) groups is 2. The van der Waals surface area contributed by atoms with Crippen molar-refractivity contribution in [2.45, 2.75) is 6.92 Å². The van der Waals surface area contributed by atoms with Crippen molar-refractivity contribution < 1.29 is 14.0 Å². The molecule has 0 saturated carbocycles. The van der Waals surface area contributed by atoms with Gasteiger partial charge in [-0.1, -0.05) is 24.3 Å². The smallest absolute Gasteiger partial charge is 0.291 e. The van der Waals surface area contributed by atoms with Crippen LogP contribution >= 0.6 is 12.2 Å². The number of carbonyl (C=O) groups excluding carboxylic acids is 2. The maximum atomic E-state index is 12.3. The molecule has 2 amide bonds. The van der Waals surface area contributed by atoms with Crippen molar-refractivity contribution in [1.29, 1.82) is 0 Å². The van der Waals surface area contributed by atoms with Crippen molar-refractivity contribution >= 4 is 40.5 Å². The summed E-state index contributed by atoms with van der Waals surface area (Å²) in [6, 6.07) is 17.4. The van der Waals surface area contributed by atoms with Gasteiger partial charge in [0.1, 0.15) is 0 Å². The van der Waals surface area contributed by atoms with Gasteiger partial charge >= 0.3 is 0 Å². The summed E-state index contributed by atoms with van der Waals surface area (Å²) >= 11 is 5.21. The van der Waals surface area contributed by atoms with E-state index in [4.69, 9.17) is 16.6 Å². The number of nitrogens with one attached hydrogen (secondary N) is 3. The molecule has 0 aliphatic heterocycles. The van der Waals surface area contributed by atoms with Gasteiger partial charge in [0.05, 0.1) is 6.26 Å². The van der Waals surface area contributed by atoms with E-state index in [9.17, 15) is 9.59 Å². The van der Waals surface area contributed by atoms with Crippen LogP contribution in [0, 0.1) is 6.92 Å². The highest BCUT2D eigenvalue weighted by atomic mass is 32.1. The Labute approximate surface area is 161 Å². The van der Waals surface area contributed by atoms with Crippen molar-refractivity contribution in [1.82, 2.24) is 5.32 Å². The van der Waals surface area contributed by atoms with Crippen LogP contribution in [0.5, 0.6) is 0 Å². The second-order valence-electron chi connectivity index (χ2n) is 5.74. The van der Waals surface area contributed by atoms with Gasteiger partial charge in [0.15, 0.2) is 10.9 Å². The van der Waals surface area contributed by atoms with E-state index in [0.29, 0.717) is 16.9 Å². The third kappa shape index (κ3) is 4.80. The first-order valence-electron chi connectivity index (χ1n) is 8.16. The average Bonchev–Trinajstić information content (AvgIpc) is 3.17. The molecular formula is C20H17N3O3S. The fraction of sp³-hybridized carbons (Fsp3) is 0.0500. The van der Waals surface area contributed by atoms with Crippen molar-refractivity contribution in [3.05, 3.63) is 83.8 Å². The number of benzene rings is 2. The van der Waals surface area contributed by atoms with E-state index < -0.39 is 0 Å². The van der Waals surface area contributed by atoms with Gasteiger partial charge in [0, 0.05) is 16.9 Å². The molecule has 6 nitrogen and oxygen atoms in total. The summed E-state index contributed by atoms with van der Waals surface area (Å²) in [5, 5.41) is 8.48. The van der Waals surface area contributed by atoms with Crippen LogP contribution in [0.4, 0.5) is 11.4 Å². The van der Waals surface area contributed by atoms with Crippen molar-refractivity contribution in [2.75, 3.05) is 10.6 Å². The molecule has 0 fully saturated rings. The molecule has 0 saturated heterocycles. The molecule has 0 aliphatic carbocycles. The van der Waals surface area contributed by atoms with Gasteiger partial charge in [-0.3, -0.25) is 14.9 Å². The molecular weight excluding hydrogens is 362 g/mol. The van der Waals surface area contributed by atoms with Gasteiger partial charge in [0.25, 0.3) is 11.8 Å². The number of amides is 2. The topological polar surface area (TPSA) is 83.4 Å². The van der Waals surface area contributed by atoms with Crippen molar-refractivity contribution in [2.24, 2.45) is 0 Å². The van der Waals surface area contributed by atoms with Crippen LogP contribution in [0.25, 0.3) is 0 Å². The summed E-state index contributed by atoms with van der Waals surface area (Å²) in [5.74, 6) is -0.421. The Bertz CT molecular complexity index is 984. The minimum Gasteiger partial charge on any atom is -0.459 e. The zero-order valence-electron chi connectivity index (χ0n) is 14.5. The number of furan rings is 1. The molecule has 0 aliphatic rings. The van der Waals surface area contributed by atoms with Crippen LogP contribution in [-0.4, -0.2) is 16.9 Å². The Morgan fingerprint density at radius 1 is 0.889 bits per heavy atom. The molecule has 0 atom stereocenters. The van der Waals surface area contributed by atoms with E-state index >= 15 is 0 Å². The van der Waals surface area contributed by atoms with Gasteiger partial charge in [-0.2, -0.15) is 0 Å². The Kier molecular flexibility index (Phi) is 5.63. The molecule has 136 valence electrons. The van der Waals surface area contributed by atoms with E-state index in [1.165, 1.54) is 6.26 Å². The van der Waals surface area contributed by atoms with Gasteiger partial charge in [-0.25, -0.2) is 0 Å². The van der Waals surface area contributed by atoms with Gasteiger partial charge in [0.2, 0.25) is 0 Å². The molecule has 0 spiro atoms. The third-order valence-electron chi connectivity index (χ3n) is 3.74. The second-order valence-corrected chi connectivity index (χ2v) is 6.14. The second kappa shape index (κ2) is 8.29. The number of anilines is 2. The van der Waals surface area contributed by atoms with Crippen LogP contribution < -0.4 is 16.0 Å². The zero-order valence-corrected chi connectivity index (χ0v) is 15.3. The number of thiocarbonyl (C=S) groups is 1. The van der Waals surface area contributed by atoms with E-state index in [2.05, 4.69) is 16.0 Å². The van der Waals surface area contributed by atoms with E-state index in [1.807, 2.05) is 19.1 Å². The minimum atomic E-state index is -0.354. The summed E-state index contributed by atoms with van der Waals surface area (Å²) in [6.45, 7) is 1.86. The highest BCUT2D eigenvalue weighted by molar-refractivity contribution is 7.80. The summed E-state index contributed by atoms with van der Waals surface area (Å²) < 4.78 is 5.06. The van der Waals surface area contributed by atoms with Gasteiger partial charge in [-0.15, -0.1) is 0 Å². The van der Waals surface area contributed by atoms with Crippen LogP contribution in [0.1, 0.15) is 26.5 Å². The monoisotopic (exact) mass is 379 g/mol. The van der Waals surface area contributed by atoms with Gasteiger partial charge < -0.3 is 15.1 Å². The number of hydrogen-bond acceptors (Lipinski definition) is 4. The molecule has 3 N–H and O–H groups in total. The van der Waals surface area contributed by atoms with E-state index in [0.717, 1.165) is 5.56 Å². The maximum Gasteiger partial charge on any atom is 0.291 e. The van der Waals surface area contributed by atoms with Crippen LogP contribution in [0.3, 0.4) is 0 Å². The lowest BCUT2D eigenvalue weighted by molar-refractivity contribution is 0.0974. The molecule has 0 radical (unpaired) electrons. The molecule has 7 heteroatoms. The first kappa shape index (κ1) is 18.3. The number of aryl methyl sites for hydroxylation is 1. The average molecular weight is 379 g/mol. The molecule has 0 unspecified atom stereocenters. The quantitative estimate of drug-likeness (QED) is 0.598. The van der Waals surface area contributed by atoms with E-state index in [-0.39, 0.29) is 22.7 Å². The van der Waals surface area contributed by atoms with Gasteiger partial charge in [-0.05, 0) is 61.1 Å². The van der Waals surface area contributed by atoms with Crippen molar-refractivity contribution in [3.63, 3.8) is 0 Å². The first-order chi connectivity index (χ1) is 13.0. The lowest BCUT2D eigenvalue weighted by Gasteiger charge is -2.12. The van der Waals surface area contributed by atoms with Crippen molar-refractivity contribution in [3.8, 4) is 0 Å². The third-order valence-corrected chi connectivity index (χ3v) is 3.94. The summed E-state index contributed by atoms with van der Waals surface area (Å²) in [5.41, 5.74) is 2.61. The molecule has 3 rings (SSSR count). The predicted molar refractivity (Wildman–Crippen MR) is 108 cm³/mol. The molecule has 1 aromatic heterocycles. The fourth-order valence-electron chi connectivity index (χ4n) is 2.44. The lowest BCUT2D eigenvalue weighted by Crippen LogP contribution is -2.34. The molecule has 3 aromatic rings. The fourth-order valence-corrected chi connectivity index (χ4v) is 2.65. The SMILES string of the molecule is Cc1ccccc1C(=O)NC(=S)Nc1cccc(NC(=O)c2ccco2)c1. The summed E-state index contributed by atoms with van der Waals surface area (Å²) in [7, 11) is 0. The Hall–Kier alpha value is -3.45. The number of hydrogen-bond donors (Lipinski definition) is 3. The minimum absolute atomic E-state index is 0.165. The van der Waals surface area contributed by atoms with E-state index in [1.54, 1.807) is 48.5 Å². The highest BCUT2D eigenvalue weighted by Gasteiger charge is 2.11. The Morgan fingerprint density at radius 2 is 1.63 bits per heavy atom. The zero-order chi connectivity index (χ0) is 19.2. The number of rotatable bonds is 4. The molecule has 1 heterocycles. The molecule has 2 aromatic carbocycles. The van der Waals surface area contributed by atoms with Crippen LogP contribution in [0.2, 0.25) is 0 Å². The Balaban J connectivity index is 1.62. The normalized spacial score (nSPS) is 10.1. The summed E-state index contributed by atoms with van der Waals surface area (Å²) in [4.78, 5) is 24.3. The van der Waals surface area contributed by atoms with Crippen LogP contribution in [-0.2, 0) is 0 Å². The molecule has 0 bridgehead atoms. The standard InChI is InChI=1S/C20H17N3O3S/c1-13-6-2-3-9-16(13)18(24)23-20(27)22-15-8-4-7-14(12-15)21-19(25)17-10-5-11-26-17/h2-12H,1H3,(H,21,25)(H2,22,23,24,27). The predicted octanol–water partition coefficient (Wildman–Crippen LogP) is 3.97. The highest BCUT2D eigenvalue weighted by Crippen LogP contribution is 2.16. The summed E-state index contributed by atoms with van der Waals surface area (Å²) in [6.07, 6.45) is 1.43. The molecule has 27 heavy (non-hydrogen) atoms. The van der Waals surface area contributed by atoms with Crippen LogP contribution in [0.15, 0.2) is 71.3 Å². The first-order valence-corrected chi connectivity index (χ1v) is 8.56.